The minimum atomic E-state index is -0.131. The molecule has 1 aliphatic rings. The molecule has 2 aromatic carbocycles. The number of para-hydroxylation sites is 1. The SMILES string of the molecule is O=C(CSc1ccc(Br)cc1)Nc1ccccc1C(=O)NC1CC1. The van der Waals surface area contributed by atoms with Crippen LogP contribution < -0.4 is 10.6 Å². The van der Waals surface area contributed by atoms with Crippen molar-refractivity contribution in [2.45, 2.75) is 23.8 Å². The van der Waals surface area contributed by atoms with Crippen LogP contribution >= 0.6 is 27.7 Å². The van der Waals surface area contributed by atoms with E-state index in [1.165, 1.54) is 11.8 Å². The molecule has 0 aliphatic heterocycles. The van der Waals surface area contributed by atoms with Crippen LogP contribution in [0.2, 0.25) is 0 Å². The van der Waals surface area contributed by atoms with Gasteiger partial charge in [0.15, 0.2) is 0 Å². The van der Waals surface area contributed by atoms with Gasteiger partial charge in [-0.3, -0.25) is 9.59 Å². The number of anilines is 1. The van der Waals surface area contributed by atoms with Crippen molar-refractivity contribution in [3.63, 3.8) is 0 Å². The van der Waals surface area contributed by atoms with Crippen molar-refractivity contribution in [1.82, 2.24) is 5.32 Å². The molecule has 2 aromatic rings. The molecule has 4 nitrogen and oxygen atoms in total. The van der Waals surface area contributed by atoms with Gasteiger partial charge < -0.3 is 10.6 Å². The molecule has 24 heavy (non-hydrogen) atoms. The number of nitrogens with one attached hydrogen (secondary N) is 2. The van der Waals surface area contributed by atoms with E-state index in [0.29, 0.717) is 17.0 Å². The maximum absolute atomic E-state index is 12.2. The van der Waals surface area contributed by atoms with Gasteiger partial charge in [0.2, 0.25) is 5.91 Å². The summed E-state index contributed by atoms with van der Waals surface area (Å²) in [5.41, 5.74) is 1.06. The standard InChI is InChI=1S/C18H17BrN2O2S/c19-12-5-9-14(10-6-12)24-11-17(22)21-16-4-2-1-3-15(16)18(23)20-13-7-8-13/h1-6,9-10,13H,7-8,11H2,(H,20,23)(H,21,22). The van der Waals surface area contributed by atoms with E-state index in [0.717, 1.165) is 22.2 Å². The molecule has 1 saturated carbocycles. The quantitative estimate of drug-likeness (QED) is 0.713. The Kier molecular flexibility index (Phi) is 5.58. The molecule has 0 unspecified atom stereocenters. The van der Waals surface area contributed by atoms with Crippen LogP contribution in [0.5, 0.6) is 0 Å². The minimum Gasteiger partial charge on any atom is -0.349 e. The van der Waals surface area contributed by atoms with E-state index in [1.807, 2.05) is 30.3 Å². The number of amides is 2. The van der Waals surface area contributed by atoms with Crippen LogP contribution in [0.25, 0.3) is 0 Å². The lowest BCUT2D eigenvalue weighted by Crippen LogP contribution is -2.27. The monoisotopic (exact) mass is 404 g/mol. The molecule has 0 atom stereocenters. The Labute approximate surface area is 153 Å². The summed E-state index contributed by atoms with van der Waals surface area (Å²) in [4.78, 5) is 25.4. The first-order valence-corrected chi connectivity index (χ1v) is 9.48. The Morgan fingerprint density at radius 3 is 2.50 bits per heavy atom. The number of rotatable bonds is 6. The van der Waals surface area contributed by atoms with Crippen LogP contribution in [0.1, 0.15) is 23.2 Å². The molecular weight excluding hydrogens is 388 g/mol. The predicted molar refractivity (Wildman–Crippen MR) is 100 cm³/mol. The third kappa shape index (κ3) is 4.85. The first kappa shape index (κ1) is 17.0. The smallest absolute Gasteiger partial charge is 0.253 e. The summed E-state index contributed by atoms with van der Waals surface area (Å²) >= 11 is 4.84. The fourth-order valence-corrected chi connectivity index (χ4v) is 3.11. The van der Waals surface area contributed by atoms with E-state index >= 15 is 0 Å². The molecule has 0 aromatic heterocycles. The zero-order valence-corrected chi connectivity index (χ0v) is 15.3. The van der Waals surface area contributed by atoms with Crippen LogP contribution in [-0.2, 0) is 4.79 Å². The van der Waals surface area contributed by atoms with Crippen LogP contribution in [0.4, 0.5) is 5.69 Å². The van der Waals surface area contributed by atoms with Crippen molar-refractivity contribution in [1.29, 1.82) is 0 Å². The Morgan fingerprint density at radius 1 is 1.08 bits per heavy atom. The highest BCUT2D eigenvalue weighted by Crippen LogP contribution is 2.23. The van der Waals surface area contributed by atoms with Crippen LogP contribution in [0.3, 0.4) is 0 Å². The zero-order chi connectivity index (χ0) is 16.9. The Balaban J connectivity index is 1.59. The molecule has 1 fully saturated rings. The molecule has 1 aliphatic carbocycles. The molecule has 0 bridgehead atoms. The molecule has 0 radical (unpaired) electrons. The third-order valence-electron chi connectivity index (χ3n) is 3.54. The molecule has 0 saturated heterocycles. The third-order valence-corrected chi connectivity index (χ3v) is 5.08. The van der Waals surface area contributed by atoms with Crippen molar-refractivity contribution in [3.05, 3.63) is 58.6 Å². The van der Waals surface area contributed by atoms with Gasteiger partial charge in [-0.1, -0.05) is 28.1 Å². The highest BCUT2D eigenvalue weighted by atomic mass is 79.9. The first-order valence-electron chi connectivity index (χ1n) is 7.70. The van der Waals surface area contributed by atoms with Gasteiger partial charge in [-0.15, -0.1) is 11.8 Å². The summed E-state index contributed by atoms with van der Waals surface area (Å²) in [7, 11) is 0. The zero-order valence-electron chi connectivity index (χ0n) is 12.9. The lowest BCUT2D eigenvalue weighted by molar-refractivity contribution is -0.113. The van der Waals surface area contributed by atoms with Gasteiger partial charge in [-0.05, 0) is 49.2 Å². The maximum Gasteiger partial charge on any atom is 0.253 e. The molecule has 0 heterocycles. The van der Waals surface area contributed by atoms with E-state index in [9.17, 15) is 9.59 Å². The van der Waals surface area contributed by atoms with E-state index in [1.54, 1.807) is 18.2 Å². The molecule has 2 amide bonds. The van der Waals surface area contributed by atoms with E-state index in [4.69, 9.17) is 0 Å². The van der Waals surface area contributed by atoms with Crippen molar-refractivity contribution >= 4 is 45.2 Å². The van der Waals surface area contributed by atoms with Crippen LogP contribution in [0, 0.1) is 0 Å². The number of hydrogen-bond donors (Lipinski definition) is 2. The second kappa shape index (κ2) is 7.85. The predicted octanol–water partition coefficient (Wildman–Crippen LogP) is 4.07. The van der Waals surface area contributed by atoms with E-state index in [2.05, 4.69) is 26.6 Å². The molecule has 3 rings (SSSR count). The second-order valence-corrected chi connectivity index (χ2v) is 7.55. The molecule has 2 N–H and O–H groups in total. The number of thioether (sulfide) groups is 1. The van der Waals surface area contributed by atoms with Crippen molar-refractivity contribution in [2.75, 3.05) is 11.1 Å². The normalized spacial score (nSPS) is 13.4. The summed E-state index contributed by atoms with van der Waals surface area (Å²) in [6, 6.07) is 15.2. The Bertz CT molecular complexity index is 745. The minimum absolute atomic E-state index is 0.130. The lowest BCUT2D eigenvalue weighted by atomic mass is 10.1. The van der Waals surface area contributed by atoms with Crippen molar-refractivity contribution in [3.8, 4) is 0 Å². The van der Waals surface area contributed by atoms with Crippen molar-refractivity contribution in [2.24, 2.45) is 0 Å². The summed E-state index contributed by atoms with van der Waals surface area (Å²) in [6.07, 6.45) is 2.06. The van der Waals surface area contributed by atoms with Gasteiger partial charge >= 0.3 is 0 Å². The van der Waals surface area contributed by atoms with Crippen LogP contribution in [-0.4, -0.2) is 23.6 Å². The van der Waals surface area contributed by atoms with Gasteiger partial charge in [-0.25, -0.2) is 0 Å². The summed E-state index contributed by atoms with van der Waals surface area (Å²) < 4.78 is 1.01. The fourth-order valence-electron chi connectivity index (χ4n) is 2.15. The van der Waals surface area contributed by atoms with Gasteiger partial charge in [-0.2, -0.15) is 0 Å². The number of carbonyl (C=O) groups is 2. The van der Waals surface area contributed by atoms with Crippen molar-refractivity contribution < 1.29 is 9.59 Å². The molecule has 6 heteroatoms. The molecular formula is C18H17BrN2O2S. The highest BCUT2D eigenvalue weighted by molar-refractivity contribution is 9.10. The van der Waals surface area contributed by atoms with Gasteiger partial charge in [0.25, 0.3) is 5.91 Å². The van der Waals surface area contributed by atoms with Gasteiger partial charge in [0.05, 0.1) is 17.0 Å². The Hall–Kier alpha value is -1.79. The summed E-state index contributed by atoms with van der Waals surface area (Å²) in [6.45, 7) is 0. The second-order valence-electron chi connectivity index (χ2n) is 5.58. The highest BCUT2D eigenvalue weighted by Gasteiger charge is 2.24. The van der Waals surface area contributed by atoms with Crippen LogP contribution in [0.15, 0.2) is 57.9 Å². The maximum atomic E-state index is 12.2. The largest absolute Gasteiger partial charge is 0.349 e. The Morgan fingerprint density at radius 2 is 1.79 bits per heavy atom. The van der Waals surface area contributed by atoms with Gasteiger partial charge in [0.1, 0.15) is 0 Å². The number of halogens is 1. The number of carbonyl (C=O) groups excluding carboxylic acids is 2. The van der Waals surface area contributed by atoms with Gasteiger partial charge in [0, 0.05) is 15.4 Å². The number of hydrogen-bond acceptors (Lipinski definition) is 3. The summed E-state index contributed by atoms with van der Waals surface area (Å²) in [5.74, 6) is 0.0313. The topological polar surface area (TPSA) is 58.2 Å². The number of benzene rings is 2. The van der Waals surface area contributed by atoms with E-state index in [-0.39, 0.29) is 17.9 Å². The summed E-state index contributed by atoms with van der Waals surface area (Å²) in [5, 5.41) is 5.78. The lowest BCUT2D eigenvalue weighted by Gasteiger charge is -2.11. The fraction of sp³-hybridized carbons (Fsp3) is 0.222. The molecule has 124 valence electrons. The molecule has 0 spiro atoms. The average Bonchev–Trinajstić information content (AvgIpc) is 3.39. The first-order chi connectivity index (χ1) is 11.6. The average molecular weight is 405 g/mol. The van der Waals surface area contributed by atoms with E-state index < -0.39 is 0 Å².